The molecule has 1 aromatic carbocycles. The third-order valence-electron chi connectivity index (χ3n) is 2.57. The molecule has 1 aromatic heterocycles. The molecule has 0 amide bonds. The number of halogens is 2. The highest BCUT2D eigenvalue weighted by atomic mass is 35.5. The Balaban J connectivity index is 2.47. The molecule has 0 aliphatic rings. The summed E-state index contributed by atoms with van der Waals surface area (Å²) in [6.07, 6.45) is -0.0971. The average Bonchev–Trinajstić information content (AvgIpc) is 2.76. The van der Waals surface area contributed by atoms with Gasteiger partial charge in [-0.2, -0.15) is 0 Å². The number of rotatable bonds is 4. The van der Waals surface area contributed by atoms with Gasteiger partial charge in [0.05, 0.1) is 28.1 Å². The lowest BCUT2D eigenvalue weighted by atomic mass is 10.2. The van der Waals surface area contributed by atoms with E-state index in [0.717, 1.165) is 0 Å². The van der Waals surface area contributed by atoms with Crippen LogP contribution in [0.25, 0.3) is 11.4 Å². The SMILES string of the molecule is CC(CC(=O)O)n1nnnc1-c1c(Cl)cccc1Cl. The van der Waals surface area contributed by atoms with E-state index in [1.54, 1.807) is 25.1 Å². The van der Waals surface area contributed by atoms with Crippen LogP contribution in [0.5, 0.6) is 0 Å². The third kappa shape index (κ3) is 2.85. The van der Waals surface area contributed by atoms with E-state index in [-0.39, 0.29) is 6.42 Å². The van der Waals surface area contributed by atoms with E-state index >= 15 is 0 Å². The summed E-state index contributed by atoms with van der Waals surface area (Å²) in [6.45, 7) is 1.71. The standard InChI is InChI=1S/C11H10Cl2N4O2/c1-6(5-9(18)19)17-11(14-15-16-17)10-7(12)3-2-4-8(10)13/h2-4,6H,5H2,1H3,(H,18,19). The normalized spacial score (nSPS) is 12.4. The molecule has 0 aliphatic carbocycles. The zero-order valence-corrected chi connectivity index (χ0v) is 11.4. The predicted octanol–water partition coefficient (Wildman–Crippen LogP) is 2.68. The lowest BCUT2D eigenvalue weighted by molar-refractivity contribution is -0.137. The molecule has 0 spiro atoms. The lowest BCUT2D eigenvalue weighted by Gasteiger charge is -2.12. The first-order valence-corrected chi connectivity index (χ1v) is 6.20. The molecular formula is C11H10Cl2N4O2. The van der Waals surface area contributed by atoms with Crippen LogP contribution < -0.4 is 0 Å². The van der Waals surface area contributed by atoms with Gasteiger partial charge in [0, 0.05) is 0 Å². The molecule has 2 aromatic rings. The van der Waals surface area contributed by atoms with Gasteiger partial charge in [-0.1, -0.05) is 29.3 Å². The van der Waals surface area contributed by atoms with Gasteiger partial charge >= 0.3 is 5.97 Å². The summed E-state index contributed by atoms with van der Waals surface area (Å²) < 4.78 is 1.40. The molecule has 0 aliphatic heterocycles. The van der Waals surface area contributed by atoms with Crippen molar-refractivity contribution < 1.29 is 9.90 Å². The van der Waals surface area contributed by atoms with Gasteiger partial charge in [-0.05, 0) is 29.5 Å². The topological polar surface area (TPSA) is 80.9 Å². The molecule has 0 saturated heterocycles. The highest BCUT2D eigenvalue weighted by molar-refractivity contribution is 6.38. The lowest BCUT2D eigenvalue weighted by Crippen LogP contribution is -2.13. The first kappa shape index (κ1) is 13.8. The second-order valence-electron chi connectivity index (χ2n) is 3.99. The molecule has 0 fully saturated rings. The fourth-order valence-electron chi connectivity index (χ4n) is 1.71. The molecule has 1 heterocycles. The average molecular weight is 301 g/mol. The van der Waals surface area contributed by atoms with Crippen LogP contribution in [-0.2, 0) is 4.79 Å². The van der Waals surface area contributed by atoms with Crippen molar-refractivity contribution in [1.82, 2.24) is 20.2 Å². The second-order valence-corrected chi connectivity index (χ2v) is 4.81. The quantitative estimate of drug-likeness (QED) is 0.939. The van der Waals surface area contributed by atoms with Crippen LogP contribution in [0.15, 0.2) is 18.2 Å². The monoisotopic (exact) mass is 300 g/mol. The summed E-state index contributed by atoms with van der Waals surface area (Å²) in [5.74, 6) is -0.580. The van der Waals surface area contributed by atoms with Crippen molar-refractivity contribution in [1.29, 1.82) is 0 Å². The molecule has 6 nitrogen and oxygen atoms in total. The van der Waals surface area contributed by atoms with Crippen LogP contribution in [0, 0.1) is 0 Å². The van der Waals surface area contributed by atoms with Crippen molar-refractivity contribution in [2.75, 3.05) is 0 Å². The Hall–Kier alpha value is -1.66. The van der Waals surface area contributed by atoms with Gasteiger partial charge in [0.25, 0.3) is 0 Å². The van der Waals surface area contributed by atoms with Crippen LogP contribution in [0.3, 0.4) is 0 Å². The number of nitrogens with zero attached hydrogens (tertiary/aromatic N) is 4. The molecule has 1 atom stereocenters. The minimum absolute atomic E-state index is 0.0971. The summed E-state index contributed by atoms with van der Waals surface area (Å²) in [5, 5.41) is 20.9. The zero-order valence-electron chi connectivity index (χ0n) is 9.92. The maximum Gasteiger partial charge on any atom is 0.305 e. The van der Waals surface area contributed by atoms with Crippen molar-refractivity contribution in [3.8, 4) is 11.4 Å². The first-order chi connectivity index (χ1) is 9.00. The van der Waals surface area contributed by atoms with Crippen molar-refractivity contribution >= 4 is 29.2 Å². The number of hydrogen-bond acceptors (Lipinski definition) is 4. The molecule has 0 saturated carbocycles. The van der Waals surface area contributed by atoms with Gasteiger partial charge in [-0.25, -0.2) is 4.68 Å². The fraction of sp³-hybridized carbons (Fsp3) is 0.273. The molecule has 100 valence electrons. The summed E-state index contributed by atoms with van der Waals surface area (Å²) in [5.41, 5.74) is 0.494. The van der Waals surface area contributed by atoms with Crippen LogP contribution in [0.4, 0.5) is 0 Å². The number of aliphatic carboxylic acids is 1. The Labute approximate surface area is 118 Å². The van der Waals surface area contributed by atoms with Crippen molar-refractivity contribution in [3.05, 3.63) is 28.2 Å². The van der Waals surface area contributed by atoms with E-state index in [9.17, 15) is 4.79 Å². The fourth-order valence-corrected chi connectivity index (χ4v) is 2.27. The maximum absolute atomic E-state index is 10.8. The summed E-state index contributed by atoms with van der Waals surface area (Å²) in [4.78, 5) is 10.8. The minimum Gasteiger partial charge on any atom is -0.481 e. The van der Waals surface area contributed by atoms with Crippen LogP contribution in [-0.4, -0.2) is 31.3 Å². The molecular weight excluding hydrogens is 291 g/mol. The van der Waals surface area contributed by atoms with Crippen molar-refractivity contribution in [2.24, 2.45) is 0 Å². The van der Waals surface area contributed by atoms with Gasteiger partial charge in [-0.3, -0.25) is 4.79 Å². The largest absolute Gasteiger partial charge is 0.481 e. The third-order valence-corrected chi connectivity index (χ3v) is 3.20. The van der Waals surface area contributed by atoms with Crippen molar-refractivity contribution in [3.63, 3.8) is 0 Å². The Morgan fingerprint density at radius 1 is 1.42 bits per heavy atom. The Bertz CT molecular complexity index is 594. The minimum atomic E-state index is -0.931. The Kier molecular flexibility index (Phi) is 4.01. The summed E-state index contributed by atoms with van der Waals surface area (Å²) in [7, 11) is 0. The number of tetrazole rings is 1. The van der Waals surface area contributed by atoms with Gasteiger partial charge in [0.1, 0.15) is 0 Å². The number of hydrogen-bond donors (Lipinski definition) is 1. The van der Waals surface area contributed by atoms with Crippen LogP contribution >= 0.6 is 23.2 Å². The molecule has 8 heteroatoms. The molecule has 0 radical (unpaired) electrons. The predicted molar refractivity (Wildman–Crippen MR) is 70.2 cm³/mol. The first-order valence-electron chi connectivity index (χ1n) is 5.44. The van der Waals surface area contributed by atoms with E-state index in [1.807, 2.05) is 0 Å². The smallest absolute Gasteiger partial charge is 0.305 e. The molecule has 1 unspecified atom stereocenters. The van der Waals surface area contributed by atoms with E-state index in [0.29, 0.717) is 21.4 Å². The number of benzene rings is 1. The summed E-state index contributed by atoms with van der Waals surface area (Å²) >= 11 is 12.2. The van der Waals surface area contributed by atoms with Gasteiger partial charge in [0.2, 0.25) is 0 Å². The van der Waals surface area contributed by atoms with Gasteiger partial charge in [-0.15, -0.1) is 5.10 Å². The van der Waals surface area contributed by atoms with Gasteiger partial charge in [0.15, 0.2) is 5.82 Å². The van der Waals surface area contributed by atoms with E-state index in [4.69, 9.17) is 28.3 Å². The maximum atomic E-state index is 10.8. The molecule has 0 bridgehead atoms. The highest BCUT2D eigenvalue weighted by Gasteiger charge is 2.20. The van der Waals surface area contributed by atoms with E-state index < -0.39 is 12.0 Å². The molecule has 19 heavy (non-hydrogen) atoms. The summed E-state index contributed by atoms with van der Waals surface area (Å²) in [6, 6.07) is 4.64. The van der Waals surface area contributed by atoms with Gasteiger partial charge < -0.3 is 5.11 Å². The Morgan fingerprint density at radius 2 is 2.05 bits per heavy atom. The van der Waals surface area contributed by atoms with E-state index in [2.05, 4.69) is 15.5 Å². The number of carboxylic acid groups (broad SMARTS) is 1. The van der Waals surface area contributed by atoms with Crippen LogP contribution in [0.2, 0.25) is 10.0 Å². The zero-order chi connectivity index (χ0) is 14.0. The van der Waals surface area contributed by atoms with Crippen molar-refractivity contribution in [2.45, 2.75) is 19.4 Å². The molecule has 2 rings (SSSR count). The number of carbonyl (C=O) groups is 1. The molecule has 1 N–H and O–H groups in total. The number of aromatic nitrogens is 4. The van der Waals surface area contributed by atoms with Crippen LogP contribution in [0.1, 0.15) is 19.4 Å². The van der Waals surface area contributed by atoms with E-state index in [1.165, 1.54) is 4.68 Å². The second kappa shape index (κ2) is 5.54. The number of carboxylic acids is 1. The Morgan fingerprint density at radius 3 is 2.63 bits per heavy atom. The highest BCUT2D eigenvalue weighted by Crippen LogP contribution is 2.34.